The van der Waals surface area contributed by atoms with Gasteiger partial charge in [-0.25, -0.2) is 0 Å². The van der Waals surface area contributed by atoms with Crippen LogP contribution in [0, 0.1) is 5.92 Å². The lowest BCUT2D eigenvalue weighted by Crippen LogP contribution is -2.32. The monoisotopic (exact) mass is 223 g/mol. The molecule has 0 radical (unpaired) electrons. The van der Waals surface area contributed by atoms with E-state index in [4.69, 9.17) is 5.73 Å². The summed E-state index contributed by atoms with van der Waals surface area (Å²) in [5, 5.41) is 0. The van der Waals surface area contributed by atoms with Gasteiger partial charge in [0.2, 0.25) is 0 Å². The van der Waals surface area contributed by atoms with Gasteiger partial charge in [0.05, 0.1) is 0 Å². The predicted molar refractivity (Wildman–Crippen MR) is 66.4 cm³/mol. The summed E-state index contributed by atoms with van der Waals surface area (Å²) in [7, 11) is 2.06. The highest BCUT2D eigenvalue weighted by molar-refractivity contribution is 4.93. The molecule has 1 aromatic rings. The molecule has 0 saturated carbocycles. The van der Waals surface area contributed by atoms with Crippen LogP contribution in [0.4, 0.5) is 0 Å². The molecule has 0 aromatic carbocycles. The van der Waals surface area contributed by atoms with E-state index in [0.717, 1.165) is 19.6 Å². The molecular formula is C12H21N3O. The zero-order valence-electron chi connectivity index (χ0n) is 10.1. The van der Waals surface area contributed by atoms with Crippen LogP contribution in [-0.2, 0) is 6.54 Å². The van der Waals surface area contributed by atoms with Crippen molar-refractivity contribution >= 4 is 0 Å². The summed E-state index contributed by atoms with van der Waals surface area (Å²) in [5.41, 5.74) is 5.63. The minimum atomic E-state index is 0.0581. The van der Waals surface area contributed by atoms with Crippen molar-refractivity contribution in [3.63, 3.8) is 0 Å². The van der Waals surface area contributed by atoms with Crippen LogP contribution in [0.25, 0.3) is 0 Å². The Hall–Kier alpha value is -1.13. The minimum Gasteiger partial charge on any atom is -0.330 e. The van der Waals surface area contributed by atoms with Gasteiger partial charge in [0, 0.05) is 31.9 Å². The normalized spacial score (nSPS) is 13.0. The van der Waals surface area contributed by atoms with Crippen LogP contribution < -0.4 is 11.3 Å². The smallest absolute Gasteiger partial charge is 0.250 e. The lowest BCUT2D eigenvalue weighted by molar-refractivity contribution is 0.277. The molecule has 0 saturated heterocycles. The van der Waals surface area contributed by atoms with Crippen molar-refractivity contribution in [1.82, 2.24) is 9.47 Å². The lowest BCUT2D eigenvalue weighted by atomic mass is 10.2. The molecule has 1 unspecified atom stereocenters. The Balaban J connectivity index is 2.40. The molecule has 0 aliphatic carbocycles. The van der Waals surface area contributed by atoms with E-state index in [1.807, 2.05) is 12.3 Å². The second kappa shape index (κ2) is 6.45. The number of aromatic nitrogens is 1. The summed E-state index contributed by atoms with van der Waals surface area (Å²) >= 11 is 0. The third-order valence-corrected chi connectivity index (χ3v) is 2.65. The first kappa shape index (κ1) is 12.9. The van der Waals surface area contributed by atoms with E-state index < -0.39 is 0 Å². The number of nitrogens with two attached hydrogens (primary N) is 1. The van der Waals surface area contributed by atoms with Crippen LogP contribution >= 0.6 is 0 Å². The maximum Gasteiger partial charge on any atom is 0.250 e. The summed E-state index contributed by atoms with van der Waals surface area (Å²) in [5.74, 6) is 0.498. The van der Waals surface area contributed by atoms with Crippen molar-refractivity contribution in [2.75, 3.05) is 26.7 Å². The molecule has 16 heavy (non-hydrogen) atoms. The van der Waals surface area contributed by atoms with Crippen molar-refractivity contribution in [3.8, 4) is 0 Å². The Morgan fingerprint density at radius 3 is 2.88 bits per heavy atom. The first-order valence-electron chi connectivity index (χ1n) is 5.67. The van der Waals surface area contributed by atoms with E-state index in [-0.39, 0.29) is 5.56 Å². The highest BCUT2D eigenvalue weighted by Crippen LogP contribution is 1.95. The zero-order chi connectivity index (χ0) is 12.0. The topological polar surface area (TPSA) is 51.3 Å². The van der Waals surface area contributed by atoms with Gasteiger partial charge >= 0.3 is 0 Å². The summed E-state index contributed by atoms with van der Waals surface area (Å²) in [6.45, 7) is 5.40. The van der Waals surface area contributed by atoms with Gasteiger partial charge < -0.3 is 15.2 Å². The summed E-state index contributed by atoms with van der Waals surface area (Å²) < 4.78 is 1.73. The maximum atomic E-state index is 11.4. The molecule has 2 N–H and O–H groups in total. The van der Waals surface area contributed by atoms with Crippen LogP contribution in [0.3, 0.4) is 0 Å². The van der Waals surface area contributed by atoms with Gasteiger partial charge in [-0.3, -0.25) is 4.79 Å². The molecule has 0 fully saturated rings. The molecule has 0 aliphatic rings. The van der Waals surface area contributed by atoms with E-state index in [9.17, 15) is 4.79 Å². The Bertz CT molecular complexity index is 361. The van der Waals surface area contributed by atoms with Crippen molar-refractivity contribution in [2.45, 2.75) is 13.5 Å². The molecule has 0 aliphatic heterocycles. The molecule has 0 bridgehead atoms. The van der Waals surface area contributed by atoms with Gasteiger partial charge in [-0.2, -0.15) is 0 Å². The maximum absolute atomic E-state index is 11.4. The summed E-state index contributed by atoms with van der Waals surface area (Å²) in [6.07, 6.45) is 1.82. The second-order valence-corrected chi connectivity index (χ2v) is 4.34. The first-order valence-corrected chi connectivity index (χ1v) is 5.67. The average molecular weight is 223 g/mol. The standard InChI is InChI=1S/C12H21N3O/c1-11(9-13)10-14(2)7-8-15-6-4-3-5-12(15)16/h3-6,11H,7-10,13H2,1-2H3. The van der Waals surface area contributed by atoms with E-state index in [2.05, 4.69) is 18.9 Å². The largest absolute Gasteiger partial charge is 0.330 e. The highest BCUT2D eigenvalue weighted by Gasteiger charge is 2.04. The molecule has 1 aromatic heterocycles. The van der Waals surface area contributed by atoms with Crippen molar-refractivity contribution in [1.29, 1.82) is 0 Å². The first-order chi connectivity index (χ1) is 7.63. The summed E-state index contributed by atoms with van der Waals surface area (Å²) in [4.78, 5) is 13.6. The Labute approximate surface area is 96.7 Å². The molecule has 4 nitrogen and oxygen atoms in total. The molecule has 0 amide bonds. The Morgan fingerprint density at radius 1 is 1.50 bits per heavy atom. The molecule has 4 heteroatoms. The average Bonchev–Trinajstić information content (AvgIpc) is 2.28. The highest BCUT2D eigenvalue weighted by atomic mass is 16.1. The van der Waals surface area contributed by atoms with Gasteiger partial charge in [0.25, 0.3) is 5.56 Å². The third-order valence-electron chi connectivity index (χ3n) is 2.65. The predicted octanol–water partition coefficient (Wildman–Crippen LogP) is 0.375. The molecule has 1 rings (SSSR count). The van der Waals surface area contributed by atoms with Gasteiger partial charge in [-0.1, -0.05) is 13.0 Å². The van der Waals surface area contributed by atoms with Crippen LogP contribution in [-0.4, -0.2) is 36.1 Å². The number of hydrogen-bond donors (Lipinski definition) is 1. The van der Waals surface area contributed by atoms with Crippen LogP contribution in [0.15, 0.2) is 29.2 Å². The molecule has 1 heterocycles. The fraction of sp³-hybridized carbons (Fsp3) is 0.583. The Kier molecular flexibility index (Phi) is 5.22. The molecule has 0 spiro atoms. The SMILES string of the molecule is CC(CN)CN(C)CCn1ccccc1=O. The second-order valence-electron chi connectivity index (χ2n) is 4.34. The van der Waals surface area contributed by atoms with E-state index in [1.165, 1.54) is 0 Å². The van der Waals surface area contributed by atoms with Gasteiger partial charge in [-0.15, -0.1) is 0 Å². The molecule has 90 valence electrons. The van der Waals surface area contributed by atoms with Crippen molar-refractivity contribution in [3.05, 3.63) is 34.7 Å². The zero-order valence-corrected chi connectivity index (χ0v) is 10.1. The van der Waals surface area contributed by atoms with Gasteiger partial charge in [0.1, 0.15) is 0 Å². The summed E-state index contributed by atoms with van der Waals surface area (Å²) in [6, 6.07) is 5.23. The quantitative estimate of drug-likeness (QED) is 0.758. The fourth-order valence-electron chi connectivity index (χ4n) is 1.62. The lowest BCUT2D eigenvalue weighted by Gasteiger charge is -2.20. The fourth-order valence-corrected chi connectivity index (χ4v) is 1.62. The van der Waals surface area contributed by atoms with E-state index in [0.29, 0.717) is 12.5 Å². The Morgan fingerprint density at radius 2 is 2.25 bits per heavy atom. The minimum absolute atomic E-state index is 0.0581. The van der Waals surface area contributed by atoms with Crippen molar-refractivity contribution in [2.24, 2.45) is 11.7 Å². The number of likely N-dealkylation sites (N-methyl/N-ethyl adjacent to an activating group) is 1. The van der Waals surface area contributed by atoms with Crippen LogP contribution in [0.5, 0.6) is 0 Å². The molecular weight excluding hydrogens is 202 g/mol. The number of nitrogens with zero attached hydrogens (tertiary/aromatic N) is 2. The van der Waals surface area contributed by atoms with E-state index >= 15 is 0 Å². The van der Waals surface area contributed by atoms with Gasteiger partial charge in [0.15, 0.2) is 0 Å². The number of rotatable bonds is 6. The number of pyridine rings is 1. The van der Waals surface area contributed by atoms with Crippen LogP contribution in [0.2, 0.25) is 0 Å². The van der Waals surface area contributed by atoms with Crippen molar-refractivity contribution < 1.29 is 0 Å². The third kappa shape index (κ3) is 4.16. The van der Waals surface area contributed by atoms with E-state index in [1.54, 1.807) is 16.7 Å². The molecule has 1 atom stereocenters. The van der Waals surface area contributed by atoms with Crippen LogP contribution in [0.1, 0.15) is 6.92 Å². The number of hydrogen-bond acceptors (Lipinski definition) is 3. The van der Waals surface area contributed by atoms with Gasteiger partial charge in [-0.05, 0) is 25.6 Å².